The van der Waals surface area contributed by atoms with E-state index in [-0.39, 0.29) is 18.0 Å². The minimum Gasteiger partial charge on any atom is -0.487 e. The zero-order valence-corrected chi connectivity index (χ0v) is 9.31. The highest BCUT2D eigenvalue weighted by Crippen LogP contribution is 2.29. The molecule has 0 aromatic heterocycles. The molecule has 16 heavy (non-hydrogen) atoms. The lowest BCUT2D eigenvalue weighted by atomic mass is 9.88. The van der Waals surface area contributed by atoms with Crippen molar-refractivity contribution in [3.8, 4) is 5.75 Å². The van der Waals surface area contributed by atoms with Crippen molar-refractivity contribution in [2.24, 2.45) is 0 Å². The van der Waals surface area contributed by atoms with Gasteiger partial charge in [0, 0.05) is 19.6 Å². The third-order valence-electron chi connectivity index (χ3n) is 2.92. The van der Waals surface area contributed by atoms with E-state index in [1.807, 2.05) is 0 Å². The summed E-state index contributed by atoms with van der Waals surface area (Å²) in [5.41, 5.74) is 0.587. The fraction of sp³-hybridized carbons (Fsp3) is 0.500. The van der Waals surface area contributed by atoms with Gasteiger partial charge in [0.15, 0.2) is 0 Å². The Labute approximate surface area is 93.8 Å². The van der Waals surface area contributed by atoms with Crippen LogP contribution in [0.15, 0.2) is 18.2 Å². The van der Waals surface area contributed by atoms with Gasteiger partial charge in [0.05, 0.1) is 6.10 Å². The molecule has 0 bridgehead atoms. The Hall–Kier alpha value is -1.13. The van der Waals surface area contributed by atoms with Crippen LogP contribution in [-0.2, 0) is 4.74 Å². The molecule has 0 aliphatic heterocycles. The van der Waals surface area contributed by atoms with Crippen molar-refractivity contribution in [3.05, 3.63) is 29.6 Å². The Morgan fingerprint density at radius 2 is 2.19 bits per heavy atom. The molecule has 3 atom stereocenters. The maximum Gasteiger partial charge on any atom is 0.130 e. The van der Waals surface area contributed by atoms with Crippen molar-refractivity contribution in [2.45, 2.75) is 31.7 Å². The molecule has 3 unspecified atom stereocenters. The van der Waals surface area contributed by atoms with E-state index < -0.39 is 6.10 Å². The Kier molecular flexibility index (Phi) is 3.12. The number of rotatable bonds is 3. The highest BCUT2D eigenvalue weighted by atomic mass is 19.1. The Bertz CT molecular complexity index is 381. The van der Waals surface area contributed by atoms with E-state index in [1.54, 1.807) is 19.1 Å². The molecule has 0 saturated heterocycles. The summed E-state index contributed by atoms with van der Waals surface area (Å²) in [6.07, 6.45) is -0.467. The van der Waals surface area contributed by atoms with E-state index in [4.69, 9.17) is 9.47 Å². The molecular weight excluding hydrogens is 211 g/mol. The van der Waals surface area contributed by atoms with Gasteiger partial charge in [-0.15, -0.1) is 0 Å². The average molecular weight is 226 g/mol. The molecule has 1 aliphatic carbocycles. The molecule has 1 saturated carbocycles. The standard InChI is InChI=1S/C12H15FO3/c1-7-3-4-8(5-9(7)13)16-11-6-10(14)12(11)15-2/h3-5,10-12,14H,6H2,1-2H3. The zero-order chi connectivity index (χ0) is 11.7. The van der Waals surface area contributed by atoms with Gasteiger partial charge < -0.3 is 14.6 Å². The number of hydrogen-bond donors (Lipinski definition) is 1. The molecule has 1 fully saturated rings. The highest BCUT2D eigenvalue weighted by Gasteiger charge is 2.42. The SMILES string of the molecule is COC1C(O)CC1Oc1ccc(C)c(F)c1. The first-order chi connectivity index (χ1) is 7.61. The summed E-state index contributed by atoms with van der Waals surface area (Å²) in [5, 5.41) is 9.38. The fourth-order valence-corrected chi connectivity index (χ4v) is 1.80. The predicted molar refractivity (Wildman–Crippen MR) is 57.0 cm³/mol. The smallest absolute Gasteiger partial charge is 0.130 e. The predicted octanol–water partition coefficient (Wildman–Crippen LogP) is 1.66. The molecule has 1 aliphatic rings. The first-order valence-electron chi connectivity index (χ1n) is 5.25. The number of aliphatic hydroxyl groups is 1. The summed E-state index contributed by atoms with van der Waals surface area (Å²) in [7, 11) is 1.53. The summed E-state index contributed by atoms with van der Waals surface area (Å²) in [6.45, 7) is 1.70. The molecule has 0 heterocycles. The second-order valence-electron chi connectivity index (χ2n) is 4.07. The van der Waals surface area contributed by atoms with E-state index in [1.165, 1.54) is 13.2 Å². The summed E-state index contributed by atoms with van der Waals surface area (Å²) in [6, 6.07) is 4.74. The molecule has 1 aromatic rings. The molecule has 4 heteroatoms. The first kappa shape index (κ1) is 11.4. The molecule has 1 N–H and O–H groups in total. The molecule has 88 valence electrons. The van der Waals surface area contributed by atoms with Crippen LogP contribution in [0.2, 0.25) is 0 Å². The van der Waals surface area contributed by atoms with Gasteiger partial charge in [0.1, 0.15) is 23.8 Å². The third kappa shape index (κ3) is 2.03. The number of ether oxygens (including phenoxy) is 2. The van der Waals surface area contributed by atoms with Gasteiger partial charge in [0.2, 0.25) is 0 Å². The zero-order valence-electron chi connectivity index (χ0n) is 9.31. The van der Waals surface area contributed by atoms with E-state index >= 15 is 0 Å². The Morgan fingerprint density at radius 1 is 1.44 bits per heavy atom. The number of aryl methyl sites for hydroxylation is 1. The lowest BCUT2D eigenvalue weighted by molar-refractivity contribution is -0.149. The largest absolute Gasteiger partial charge is 0.487 e. The average Bonchev–Trinajstić information content (AvgIpc) is 2.23. The van der Waals surface area contributed by atoms with E-state index in [9.17, 15) is 9.50 Å². The van der Waals surface area contributed by atoms with Crippen LogP contribution in [0.4, 0.5) is 4.39 Å². The van der Waals surface area contributed by atoms with Crippen LogP contribution in [-0.4, -0.2) is 30.5 Å². The third-order valence-corrected chi connectivity index (χ3v) is 2.92. The van der Waals surface area contributed by atoms with Crippen molar-refractivity contribution in [1.29, 1.82) is 0 Å². The lowest BCUT2D eigenvalue weighted by Gasteiger charge is -2.39. The van der Waals surface area contributed by atoms with Crippen LogP contribution in [0.5, 0.6) is 5.75 Å². The van der Waals surface area contributed by atoms with Gasteiger partial charge in [-0.2, -0.15) is 0 Å². The molecular formula is C12H15FO3. The van der Waals surface area contributed by atoms with E-state index in [0.717, 1.165) is 0 Å². The maximum absolute atomic E-state index is 13.2. The van der Waals surface area contributed by atoms with Crippen molar-refractivity contribution >= 4 is 0 Å². The molecule has 0 radical (unpaired) electrons. The monoisotopic (exact) mass is 226 g/mol. The summed E-state index contributed by atoms with van der Waals surface area (Å²) in [4.78, 5) is 0. The summed E-state index contributed by atoms with van der Waals surface area (Å²) >= 11 is 0. The summed E-state index contributed by atoms with van der Waals surface area (Å²) < 4.78 is 23.9. The van der Waals surface area contributed by atoms with Gasteiger partial charge in [-0.1, -0.05) is 6.07 Å². The second kappa shape index (κ2) is 4.39. The minimum absolute atomic E-state index is 0.192. The normalized spacial score (nSPS) is 28.6. The molecule has 0 spiro atoms. The van der Waals surface area contributed by atoms with Crippen LogP contribution in [0, 0.1) is 12.7 Å². The highest BCUT2D eigenvalue weighted by molar-refractivity contribution is 5.28. The Balaban J connectivity index is 2.02. The molecule has 1 aromatic carbocycles. The van der Waals surface area contributed by atoms with E-state index in [0.29, 0.717) is 17.7 Å². The first-order valence-corrected chi connectivity index (χ1v) is 5.25. The van der Waals surface area contributed by atoms with E-state index in [2.05, 4.69) is 0 Å². The lowest BCUT2D eigenvalue weighted by Crippen LogP contribution is -2.54. The Morgan fingerprint density at radius 3 is 2.75 bits per heavy atom. The van der Waals surface area contributed by atoms with Crippen molar-refractivity contribution in [2.75, 3.05) is 7.11 Å². The molecule has 0 amide bonds. The number of methoxy groups -OCH3 is 1. The van der Waals surface area contributed by atoms with Crippen LogP contribution < -0.4 is 4.74 Å². The van der Waals surface area contributed by atoms with Crippen molar-refractivity contribution in [1.82, 2.24) is 0 Å². The van der Waals surface area contributed by atoms with Crippen molar-refractivity contribution < 1.29 is 19.0 Å². The molecule has 3 nitrogen and oxygen atoms in total. The van der Waals surface area contributed by atoms with Gasteiger partial charge in [-0.25, -0.2) is 4.39 Å². The van der Waals surface area contributed by atoms with Gasteiger partial charge >= 0.3 is 0 Å². The van der Waals surface area contributed by atoms with Crippen LogP contribution >= 0.6 is 0 Å². The number of benzene rings is 1. The van der Waals surface area contributed by atoms with Gasteiger partial charge in [0.25, 0.3) is 0 Å². The number of halogens is 1. The number of hydrogen-bond acceptors (Lipinski definition) is 3. The number of aliphatic hydroxyl groups excluding tert-OH is 1. The minimum atomic E-state index is -0.481. The van der Waals surface area contributed by atoms with Gasteiger partial charge in [-0.05, 0) is 18.6 Å². The molecule has 2 rings (SSSR count). The fourth-order valence-electron chi connectivity index (χ4n) is 1.80. The van der Waals surface area contributed by atoms with Crippen LogP contribution in [0.3, 0.4) is 0 Å². The quantitative estimate of drug-likeness (QED) is 0.852. The topological polar surface area (TPSA) is 38.7 Å². The van der Waals surface area contributed by atoms with Crippen LogP contribution in [0.25, 0.3) is 0 Å². The second-order valence-corrected chi connectivity index (χ2v) is 4.07. The maximum atomic E-state index is 13.2. The van der Waals surface area contributed by atoms with Crippen molar-refractivity contribution in [3.63, 3.8) is 0 Å². The summed E-state index contributed by atoms with van der Waals surface area (Å²) in [5.74, 6) is 0.188. The van der Waals surface area contributed by atoms with Crippen LogP contribution in [0.1, 0.15) is 12.0 Å². The van der Waals surface area contributed by atoms with Gasteiger partial charge in [-0.3, -0.25) is 0 Å².